The first-order chi connectivity index (χ1) is 9.38. The van der Waals surface area contributed by atoms with Crippen molar-refractivity contribution in [3.05, 3.63) is 56.5 Å². The van der Waals surface area contributed by atoms with Crippen LogP contribution in [0.1, 0.15) is 21.5 Å². The van der Waals surface area contributed by atoms with Gasteiger partial charge in [0.25, 0.3) is 5.91 Å². The van der Waals surface area contributed by atoms with Crippen LogP contribution in [0.25, 0.3) is 0 Å². The topological polar surface area (TPSA) is 55.1 Å². The van der Waals surface area contributed by atoms with Gasteiger partial charge in [0.15, 0.2) is 0 Å². The molecule has 5 heteroatoms. The smallest absolute Gasteiger partial charge is 0.255 e. The zero-order valence-corrected chi connectivity index (χ0v) is 13.5. The van der Waals surface area contributed by atoms with E-state index in [1.165, 1.54) is 0 Å². The molecule has 0 saturated heterocycles. The molecule has 0 aromatic heterocycles. The number of aryl methyl sites for hydroxylation is 2. The van der Waals surface area contributed by atoms with E-state index in [1.54, 1.807) is 18.2 Å². The van der Waals surface area contributed by atoms with Crippen LogP contribution in [-0.2, 0) is 0 Å². The lowest BCUT2D eigenvalue weighted by molar-refractivity contribution is 0.102. The highest BCUT2D eigenvalue weighted by Crippen LogP contribution is 2.29. The van der Waals surface area contributed by atoms with Gasteiger partial charge in [0.1, 0.15) is 0 Å². The number of carbonyl (C=O) groups is 1. The minimum Gasteiger partial charge on any atom is -0.398 e. The highest BCUT2D eigenvalue weighted by Gasteiger charge is 2.11. The number of nitrogen functional groups attached to an aromatic ring is 1. The van der Waals surface area contributed by atoms with E-state index in [0.717, 1.165) is 15.6 Å². The fourth-order valence-corrected chi connectivity index (χ4v) is 2.44. The molecule has 0 unspecified atom stereocenters. The third-order valence-corrected chi connectivity index (χ3v) is 4.10. The summed E-state index contributed by atoms with van der Waals surface area (Å²) in [5, 5.41) is 3.42. The van der Waals surface area contributed by atoms with E-state index in [2.05, 4.69) is 21.2 Å². The van der Waals surface area contributed by atoms with Gasteiger partial charge in [-0.1, -0.05) is 17.7 Å². The van der Waals surface area contributed by atoms with Gasteiger partial charge in [0, 0.05) is 20.7 Å². The molecule has 2 rings (SSSR count). The Kier molecular flexibility index (Phi) is 4.35. The molecule has 20 heavy (non-hydrogen) atoms. The van der Waals surface area contributed by atoms with Crippen molar-refractivity contribution in [3.63, 3.8) is 0 Å². The summed E-state index contributed by atoms with van der Waals surface area (Å²) >= 11 is 9.48. The van der Waals surface area contributed by atoms with Gasteiger partial charge in [-0.25, -0.2) is 0 Å². The maximum absolute atomic E-state index is 12.2. The van der Waals surface area contributed by atoms with Crippen LogP contribution < -0.4 is 11.1 Å². The lowest BCUT2D eigenvalue weighted by Gasteiger charge is -2.10. The molecule has 0 aliphatic heterocycles. The van der Waals surface area contributed by atoms with Crippen LogP contribution in [0.3, 0.4) is 0 Å². The van der Waals surface area contributed by atoms with Crippen LogP contribution >= 0.6 is 27.5 Å². The summed E-state index contributed by atoms with van der Waals surface area (Å²) in [7, 11) is 0. The van der Waals surface area contributed by atoms with Gasteiger partial charge in [0.2, 0.25) is 0 Å². The summed E-state index contributed by atoms with van der Waals surface area (Å²) in [5.41, 5.74) is 9.44. The van der Waals surface area contributed by atoms with Crippen molar-refractivity contribution in [1.82, 2.24) is 0 Å². The van der Waals surface area contributed by atoms with E-state index in [0.29, 0.717) is 22.0 Å². The van der Waals surface area contributed by atoms with Crippen molar-refractivity contribution in [2.24, 2.45) is 0 Å². The highest BCUT2D eigenvalue weighted by molar-refractivity contribution is 9.10. The predicted molar refractivity (Wildman–Crippen MR) is 87.4 cm³/mol. The highest BCUT2D eigenvalue weighted by atomic mass is 79.9. The Bertz CT molecular complexity index is 686. The Morgan fingerprint density at radius 2 is 1.90 bits per heavy atom. The molecule has 104 valence electrons. The van der Waals surface area contributed by atoms with Crippen LogP contribution in [0.4, 0.5) is 11.4 Å². The lowest BCUT2D eigenvalue weighted by Crippen LogP contribution is -2.13. The Morgan fingerprint density at radius 3 is 2.55 bits per heavy atom. The van der Waals surface area contributed by atoms with Gasteiger partial charge in [-0.3, -0.25) is 4.79 Å². The molecule has 0 fully saturated rings. The molecule has 1 amide bonds. The van der Waals surface area contributed by atoms with E-state index in [-0.39, 0.29) is 5.91 Å². The second-order valence-corrected chi connectivity index (χ2v) is 5.87. The normalized spacial score (nSPS) is 10.4. The average molecular weight is 354 g/mol. The van der Waals surface area contributed by atoms with Crippen LogP contribution in [0, 0.1) is 13.8 Å². The van der Waals surface area contributed by atoms with Crippen LogP contribution in [0.15, 0.2) is 34.8 Å². The number of amides is 1. The summed E-state index contributed by atoms with van der Waals surface area (Å²) < 4.78 is 0.785. The number of rotatable bonds is 2. The van der Waals surface area contributed by atoms with Crippen molar-refractivity contribution < 1.29 is 4.79 Å². The van der Waals surface area contributed by atoms with Gasteiger partial charge in [-0.15, -0.1) is 0 Å². The Hall–Kier alpha value is -1.52. The number of hydrogen-bond donors (Lipinski definition) is 2. The monoisotopic (exact) mass is 352 g/mol. The molecule has 3 N–H and O–H groups in total. The van der Waals surface area contributed by atoms with E-state index >= 15 is 0 Å². The number of benzene rings is 2. The van der Waals surface area contributed by atoms with Gasteiger partial charge >= 0.3 is 0 Å². The molecule has 0 aliphatic rings. The summed E-state index contributed by atoms with van der Waals surface area (Å²) in [6, 6.07) is 8.80. The molecular formula is C15H14BrClN2O. The van der Waals surface area contributed by atoms with Gasteiger partial charge in [-0.2, -0.15) is 0 Å². The number of nitrogens with two attached hydrogens (primary N) is 1. The van der Waals surface area contributed by atoms with Crippen molar-refractivity contribution in [1.29, 1.82) is 0 Å². The van der Waals surface area contributed by atoms with E-state index in [1.807, 2.05) is 26.0 Å². The number of nitrogens with one attached hydrogen (secondary N) is 1. The molecule has 3 nitrogen and oxygen atoms in total. The van der Waals surface area contributed by atoms with E-state index < -0.39 is 0 Å². The standard InChI is InChI=1S/C15H14BrClN2O/c1-8-3-4-10(6-13(8)18)15(20)19-14-7-12(17)9(2)5-11(14)16/h3-7H,18H2,1-2H3,(H,19,20). The number of carbonyl (C=O) groups excluding carboxylic acids is 1. The zero-order valence-electron chi connectivity index (χ0n) is 11.1. The van der Waals surface area contributed by atoms with E-state index in [9.17, 15) is 4.79 Å². The number of hydrogen-bond acceptors (Lipinski definition) is 2. The SMILES string of the molecule is Cc1ccc(C(=O)Nc2cc(Cl)c(C)cc2Br)cc1N. The predicted octanol–water partition coefficient (Wildman–Crippen LogP) is 4.55. The first-order valence-electron chi connectivity index (χ1n) is 6.01. The van der Waals surface area contributed by atoms with Gasteiger partial charge in [-0.05, 0) is 65.2 Å². The number of halogens is 2. The quantitative estimate of drug-likeness (QED) is 0.778. The molecule has 0 bridgehead atoms. The molecule has 0 radical (unpaired) electrons. The second-order valence-electron chi connectivity index (χ2n) is 4.61. The summed E-state index contributed by atoms with van der Waals surface area (Å²) in [6.07, 6.45) is 0. The zero-order chi connectivity index (χ0) is 14.9. The summed E-state index contributed by atoms with van der Waals surface area (Å²) in [4.78, 5) is 12.2. The van der Waals surface area contributed by atoms with Crippen molar-refractivity contribution in [2.45, 2.75) is 13.8 Å². The number of anilines is 2. The first-order valence-corrected chi connectivity index (χ1v) is 7.18. The Labute approximate surface area is 131 Å². The molecule has 0 spiro atoms. The second kappa shape index (κ2) is 5.85. The third-order valence-electron chi connectivity index (χ3n) is 3.04. The fraction of sp³-hybridized carbons (Fsp3) is 0.133. The first kappa shape index (κ1) is 14.9. The average Bonchev–Trinajstić information content (AvgIpc) is 2.39. The summed E-state index contributed by atoms with van der Waals surface area (Å²) in [6.45, 7) is 3.80. The molecule has 0 atom stereocenters. The van der Waals surface area contributed by atoms with E-state index in [4.69, 9.17) is 17.3 Å². The largest absolute Gasteiger partial charge is 0.398 e. The van der Waals surface area contributed by atoms with Gasteiger partial charge < -0.3 is 11.1 Å². The minimum absolute atomic E-state index is 0.225. The maximum atomic E-state index is 12.2. The maximum Gasteiger partial charge on any atom is 0.255 e. The molecule has 0 heterocycles. The van der Waals surface area contributed by atoms with Gasteiger partial charge in [0.05, 0.1) is 5.69 Å². The molecule has 0 saturated carbocycles. The van der Waals surface area contributed by atoms with Crippen LogP contribution in [0.5, 0.6) is 0 Å². The molecule has 0 aliphatic carbocycles. The molecule has 2 aromatic rings. The lowest BCUT2D eigenvalue weighted by atomic mass is 10.1. The third kappa shape index (κ3) is 3.14. The van der Waals surface area contributed by atoms with Crippen molar-refractivity contribution in [3.8, 4) is 0 Å². The fourth-order valence-electron chi connectivity index (χ4n) is 1.72. The summed E-state index contributed by atoms with van der Waals surface area (Å²) in [5.74, 6) is -0.225. The molecular weight excluding hydrogens is 340 g/mol. The van der Waals surface area contributed by atoms with Crippen LogP contribution in [-0.4, -0.2) is 5.91 Å². The van der Waals surface area contributed by atoms with Crippen molar-refractivity contribution in [2.75, 3.05) is 11.1 Å². The molecule has 2 aromatic carbocycles. The van der Waals surface area contributed by atoms with Crippen molar-refractivity contribution >= 4 is 44.8 Å². The minimum atomic E-state index is -0.225. The van der Waals surface area contributed by atoms with Crippen LogP contribution in [0.2, 0.25) is 5.02 Å². The Morgan fingerprint density at radius 1 is 1.20 bits per heavy atom. The Balaban J connectivity index is 2.27.